The first-order valence-electron chi connectivity index (χ1n) is 12.6. The third-order valence-electron chi connectivity index (χ3n) is 6.96. The molecule has 2 atom stereocenters. The van der Waals surface area contributed by atoms with E-state index in [-0.39, 0.29) is 48.3 Å². The van der Waals surface area contributed by atoms with Gasteiger partial charge in [0, 0.05) is 44.5 Å². The molecule has 1 amide bonds. The van der Waals surface area contributed by atoms with Crippen molar-refractivity contribution in [2.24, 2.45) is 0 Å². The predicted molar refractivity (Wildman–Crippen MR) is 131 cm³/mol. The zero-order valence-electron chi connectivity index (χ0n) is 21.7. The normalized spacial score (nSPS) is 20.8. The molecule has 0 spiro atoms. The number of nitrogens with one attached hydrogen (secondary N) is 1. The summed E-state index contributed by atoms with van der Waals surface area (Å²) >= 11 is 0. The van der Waals surface area contributed by atoms with Crippen LogP contribution in [0.2, 0.25) is 0 Å². The molecule has 38 heavy (non-hydrogen) atoms. The van der Waals surface area contributed by atoms with Crippen molar-refractivity contribution in [1.82, 2.24) is 20.2 Å². The summed E-state index contributed by atoms with van der Waals surface area (Å²) in [5.74, 6) is -0.108. The van der Waals surface area contributed by atoms with Gasteiger partial charge in [-0.2, -0.15) is 23.1 Å². The number of methoxy groups -OCH3 is 2. The van der Waals surface area contributed by atoms with Crippen molar-refractivity contribution in [1.29, 1.82) is 0 Å². The molecule has 3 heterocycles. The molecule has 2 fully saturated rings. The lowest BCUT2D eigenvalue weighted by molar-refractivity contribution is -0.137. The molecule has 0 bridgehead atoms. The van der Waals surface area contributed by atoms with E-state index in [0.717, 1.165) is 31.4 Å². The van der Waals surface area contributed by atoms with Gasteiger partial charge >= 0.3 is 12.2 Å². The molecule has 12 heteroatoms. The van der Waals surface area contributed by atoms with Crippen molar-refractivity contribution < 1.29 is 36.9 Å². The van der Waals surface area contributed by atoms with Gasteiger partial charge < -0.3 is 29.2 Å². The Hall–Kier alpha value is -2.96. The molecule has 1 aromatic carbocycles. The number of carbonyl (C=O) groups is 1. The highest BCUT2D eigenvalue weighted by atomic mass is 19.4. The van der Waals surface area contributed by atoms with Crippen molar-refractivity contribution in [2.45, 2.75) is 57.2 Å². The molecule has 0 aliphatic carbocycles. The van der Waals surface area contributed by atoms with Crippen LogP contribution in [0.5, 0.6) is 11.9 Å². The second-order valence-corrected chi connectivity index (χ2v) is 9.45. The molecule has 2 aliphatic rings. The van der Waals surface area contributed by atoms with Crippen LogP contribution in [0.4, 0.5) is 13.2 Å². The van der Waals surface area contributed by atoms with E-state index in [1.54, 1.807) is 18.9 Å². The predicted octanol–water partition coefficient (Wildman–Crippen LogP) is 3.39. The summed E-state index contributed by atoms with van der Waals surface area (Å²) in [6.07, 6.45) is -1.93. The summed E-state index contributed by atoms with van der Waals surface area (Å²) in [5, 5.41) is 3.67. The minimum Gasteiger partial charge on any atom is -0.472 e. The van der Waals surface area contributed by atoms with Crippen LogP contribution in [0, 0.1) is 6.92 Å². The molecule has 2 aromatic rings. The van der Waals surface area contributed by atoms with Gasteiger partial charge in [0.25, 0.3) is 5.91 Å². The Morgan fingerprint density at radius 2 is 1.84 bits per heavy atom. The lowest BCUT2D eigenvalue weighted by Gasteiger charge is -2.38. The minimum absolute atomic E-state index is 0.0144. The van der Waals surface area contributed by atoms with Crippen molar-refractivity contribution >= 4 is 5.91 Å². The molecule has 1 aromatic heterocycles. The van der Waals surface area contributed by atoms with Crippen LogP contribution in [-0.2, 0) is 22.3 Å². The summed E-state index contributed by atoms with van der Waals surface area (Å²) in [6, 6.07) is 5.14. The summed E-state index contributed by atoms with van der Waals surface area (Å²) < 4.78 is 60.5. The molecular formula is C26H33F3N4O5. The Balaban J connectivity index is 1.39. The van der Waals surface area contributed by atoms with Gasteiger partial charge in [-0.3, -0.25) is 4.79 Å². The highest BCUT2D eigenvalue weighted by molar-refractivity contribution is 5.94. The largest absolute Gasteiger partial charge is 0.472 e. The first-order chi connectivity index (χ1) is 18.2. The maximum atomic E-state index is 13.4. The van der Waals surface area contributed by atoms with Gasteiger partial charge in [0.1, 0.15) is 12.3 Å². The van der Waals surface area contributed by atoms with Crippen molar-refractivity contribution in [2.75, 3.05) is 40.5 Å². The lowest BCUT2D eigenvalue weighted by Crippen LogP contribution is -2.54. The average Bonchev–Trinajstić information content (AvgIpc) is 2.92. The fourth-order valence-corrected chi connectivity index (χ4v) is 4.69. The van der Waals surface area contributed by atoms with Gasteiger partial charge in [0.2, 0.25) is 5.88 Å². The van der Waals surface area contributed by atoms with Crippen LogP contribution < -0.4 is 14.8 Å². The number of piperidine rings is 1. The van der Waals surface area contributed by atoms with Crippen LogP contribution in [0.1, 0.15) is 46.4 Å². The monoisotopic (exact) mass is 538 g/mol. The van der Waals surface area contributed by atoms with E-state index >= 15 is 0 Å². The molecular weight excluding hydrogens is 505 g/mol. The summed E-state index contributed by atoms with van der Waals surface area (Å²) in [7, 11) is 3.08. The lowest BCUT2D eigenvalue weighted by atomic mass is 9.99. The fraction of sp³-hybridized carbons (Fsp3) is 0.577. The number of benzene rings is 1. The summed E-state index contributed by atoms with van der Waals surface area (Å²) in [5.41, 5.74) is 0.402. The van der Waals surface area contributed by atoms with Crippen molar-refractivity contribution in [3.05, 3.63) is 46.6 Å². The maximum absolute atomic E-state index is 13.4. The fourth-order valence-electron chi connectivity index (χ4n) is 4.69. The van der Waals surface area contributed by atoms with Crippen LogP contribution in [0.15, 0.2) is 24.3 Å². The first-order valence-corrected chi connectivity index (χ1v) is 12.6. The number of hydrogen-bond acceptors (Lipinski definition) is 8. The number of amides is 1. The van der Waals surface area contributed by atoms with Gasteiger partial charge in [-0.1, -0.05) is 12.1 Å². The number of aromatic nitrogens is 2. The van der Waals surface area contributed by atoms with Gasteiger partial charge in [-0.05, 0) is 43.9 Å². The number of halogens is 3. The molecule has 2 unspecified atom stereocenters. The standard InChI is InChI=1S/C26H33F3N4O5/c1-16-22(24(34)33-11-8-19(9-12-33)30-20-10-13-37-15-21(20)35-2)31-25(36-3)32-23(16)38-14-17-4-6-18(7-5-17)26(27,28)29/h4-7,19-21,30H,8-15H2,1-3H3. The van der Waals surface area contributed by atoms with Gasteiger partial charge in [0.05, 0.1) is 25.4 Å². The van der Waals surface area contributed by atoms with Crippen LogP contribution in [0.25, 0.3) is 0 Å². The van der Waals surface area contributed by atoms with E-state index in [0.29, 0.717) is 37.4 Å². The molecule has 0 radical (unpaired) electrons. The first kappa shape index (κ1) is 28.1. The van der Waals surface area contributed by atoms with Crippen molar-refractivity contribution in [3.8, 4) is 11.9 Å². The Kier molecular flexibility index (Phi) is 9.06. The van der Waals surface area contributed by atoms with E-state index in [2.05, 4.69) is 15.3 Å². The van der Waals surface area contributed by atoms with E-state index in [9.17, 15) is 18.0 Å². The average molecular weight is 539 g/mol. The third-order valence-corrected chi connectivity index (χ3v) is 6.96. The van der Waals surface area contributed by atoms with E-state index in [4.69, 9.17) is 18.9 Å². The van der Waals surface area contributed by atoms with Gasteiger partial charge in [-0.15, -0.1) is 0 Å². The maximum Gasteiger partial charge on any atom is 0.416 e. The number of alkyl halides is 3. The van der Waals surface area contributed by atoms with E-state index < -0.39 is 11.7 Å². The molecule has 1 N–H and O–H groups in total. The Morgan fingerprint density at radius 1 is 1.13 bits per heavy atom. The molecule has 9 nitrogen and oxygen atoms in total. The zero-order valence-corrected chi connectivity index (χ0v) is 21.7. The topological polar surface area (TPSA) is 95.0 Å². The SMILES string of the molecule is COc1nc(OCc2ccc(C(F)(F)F)cc2)c(C)c(C(=O)N2CCC(NC3CCOCC3OC)CC2)n1. The second-order valence-electron chi connectivity index (χ2n) is 9.45. The Bertz CT molecular complexity index is 1090. The number of nitrogens with zero attached hydrogens (tertiary/aromatic N) is 3. The third kappa shape index (κ3) is 6.72. The van der Waals surface area contributed by atoms with E-state index in [1.807, 2.05) is 0 Å². The van der Waals surface area contributed by atoms with Crippen LogP contribution in [-0.4, -0.2) is 79.5 Å². The minimum atomic E-state index is -4.41. The van der Waals surface area contributed by atoms with E-state index in [1.165, 1.54) is 19.2 Å². The highest BCUT2D eigenvalue weighted by Crippen LogP contribution is 2.30. The highest BCUT2D eigenvalue weighted by Gasteiger charge is 2.32. The summed E-state index contributed by atoms with van der Waals surface area (Å²) in [6.45, 7) is 4.05. The Labute approximate surface area is 219 Å². The smallest absolute Gasteiger partial charge is 0.416 e. The second kappa shape index (κ2) is 12.3. The van der Waals surface area contributed by atoms with Gasteiger partial charge in [-0.25, -0.2) is 0 Å². The molecule has 0 saturated carbocycles. The zero-order chi connectivity index (χ0) is 27.3. The number of rotatable bonds is 8. The quantitative estimate of drug-likeness (QED) is 0.547. The molecule has 2 saturated heterocycles. The number of hydrogen-bond donors (Lipinski definition) is 1. The molecule has 4 rings (SSSR count). The number of carbonyl (C=O) groups excluding carboxylic acids is 1. The summed E-state index contributed by atoms with van der Waals surface area (Å²) in [4.78, 5) is 23.6. The molecule has 2 aliphatic heterocycles. The molecule has 208 valence electrons. The van der Waals surface area contributed by atoms with Crippen LogP contribution in [0.3, 0.4) is 0 Å². The Morgan fingerprint density at radius 3 is 2.47 bits per heavy atom. The van der Waals surface area contributed by atoms with Crippen LogP contribution >= 0.6 is 0 Å². The van der Waals surface area contributed by atoms with Crippen molar-refractivity contribution in [3.63, 3.8) is 0 Å². The number of likely N-dealkylation sites (tertiary alicyclic amines) is 1. The number of ether oxygens (including phenoxy) is 4. The van der Waals surface area contributed by atoms with Gasteiger partial charge in [0.15, 0.2) is 0 Å².